The van der Waals surface area contributed by atoms with Gasteiger partial charge in [-0.3, -0.25) is 4.18 Å². The lowest BCUT2D eigenvalue weighted by Crippen LogP contribution is -2.29. The van der Waals surface area contributed by atoms with E-state index in [1.54, 1.807) is 31.4 Å². The lowest BCUT2D eigenvalue weighted by atomic mass is 9.81. The van der Waals surface area contributed by atoms with Gasteiger partial charge >= 0.3 is 0 Å². The second-order valence-corrected chi connectivity index (χ2v) is 8.11. The smallest absolute Gasteiger partial charge is 0.297 e. The summed E-state index contributed by atoms with van der Waals surface area (Å²) in [6.45, 7) is 1.93. The number of methoxy groups -OCH3 is 1. The second-order valence-electron chi connectivity index (χ2n) is 6.53. The van der Waals surface area contributed by atoms with Crippen molar-refractivity contribution in [2.75, 3.05) is 7.11 Å². The zero-order chi connectivity index (χ0) is 17.9. The van der Waals surface area contributed by atoms with Gasteiger partial charge in [0, 0.05) is 5.92 Å². The molecule has 2 aromatic carbocycles. The van der Waals surface area contributed by atoms with Crippen LogP contribution in [0, 0.1) is 6.92 Å². The van der Waals surface area contributed by atoms with Crippen LogP contribution in [0.25, 0.3) is 0 Å². The monoisotopic (exact) mass is 360 g/mol. The van der Waals surface area contributed by atoms with E-state index in [0.29, 0.717) is 0 Å². The normalized spacial score (nSPS) is 21.0. The van der Waals surface area contributed by atoms with Crippen molar-refractivity contribution in [1.29, 1.82) is 0 Å². The Balaban J connectivity index is 1.87. The molecule has 0 radical (unpaired) electrons. The zero-order valence-corrected chi connectivity index (χ0v) is 15.5. The van der Waals surface area contributed by atoms with E-state index in [4.69, 9.17) is 8.92 Å². The number of rotatable bonds is 5. The van der Waals surface area contributed by atoms with Crippen molar-refractivity contribution >= 4 is 10.1 Å². The van der Waals surface area contributed by atoms with Gasteiger partial charge in [0.05, 0.1) is 18.1 Å². The Kier molecular flexibility index (Phi) is 5.45. The first-order chi connectivity index (χ1) is 12.0. The van der Waals surface area contributed by atoms with Crippen LogP contribution < -0.4 is 4.74 Å². The summed E-state index contributed by atoms with van der Waals surface area (Å²) in [7, 11) is -2.14. The van der Waals surface area contributed by atoms with E-state index in [1.165, 1.54) is 0 Å². The van der Waals surface area contributed by atoms with E-state index in [-0.39, 0.29) is 16.9 Å². The van der Waals surface area contributed by atoms with Crippen molar-refractivity contribution in [3.63, 3.8) is 0 Å². The number of aryl methyl sites for hydroxylation is 1. The molecule has 0 heterocycles. The van der Waals surface area contributed by atoms with Crippen LogP contribution in [0.1, 0.15) is 42.7 Å². The molecule has 3 rings (SSSR count). The fourth-order valence-corrected chi connectivity index (χ4v) is 4.60. The van der Waals surface area contributed by atoms with E-state index in [1.807, 2.05) is 31.2 Å². The lowest BCUT2D eigenvalue weighted by Gasteiger charge is -2.32. The van der Waals surface area contributed by atoms with Crippen LogP contribution in [0.5, 0.6) is 5.75 Å². The predicted octanol–water partition coefficient (Wildman–Crippen LogP) is 4.44. The number of para-hydroxylation sites is 1. The highest BCUT2D eigenvalue weighted by Gasteiger charge is 2.33. The number of hydrogen-bond donors (Lipinski definition) is 0. The summed E-state index contributed by atoms with van der Waals surface area (Å²) in [4.78, 5) is 0.211. The first-order valence-corrected chi connectivity index (χ1v) is 10.0. The van der Waals surface area contributed by atoms with Gasteiger partial charge in [-0.15, -0.1) is 0 Å². The van der Waals surface area contributed by atoms with Crippen LogP contribution in [0.3, 0.4) is 0 Å². The van der Waals surface area contributed by atoms with Gasteiger partial charge in [-0.25, -0.2) is 0 Å². The molecular weight excluding hydrogens is 336 g/mol. The molecule has 1 aliphatic rings. The van der Waals surface area contributed by atoms with Gasteiger partial charge in [0.1, 0.15) is 5.75 Å². The molecule has 2 atom stereocenters. The minimum Gasteiger partial charge on any atom is -0.496 e. The zero-order valence-electron chi connectivity index (χ0n) is 14.6. The van der Waals surface area contributed by atoms with Crippen LogP contribution in [-0.2, 0) is 14.3 Å². The van der Waals surface area contributed by atoms with E-state index >= 15 is 0 Å². The number of benzene rings is 2. The molecule has 0 aliphatic heterocycles. The van der Waals surface area contributed by atoms with E-state index in [9.17, 15) is 8.42 Å². The molecule has 25 heavy (non-hydrogen) atoms. The Hall–Kier alpha value is -1.85. The van der Waals surface area contributed by atoms with Crippen LogP contribution in [0.4, 0.5) is 0 Å². The van der Waals surface area contributed by atoms with Crippen molar-refractivity contribution in [2.45, 2.75) is 49.5 Å². The van der Waals surface area contributed by atoms with Crippen LogP contribution in [0.2, 0.25) is 0 Å². The maximum atomic E-state index is 12.7. The molecule has 1 fully saturated rings. The topological polar surface area (TPSA) is 52.6 Å². The Morgan fingerprint density at radius 3 is 2.36 bits per heavy atom. The Bertz CT molecular complexity index is 812. The minimum absolute atomic E-state index is 0.0186. The molecule has 0 saturated heterocycles. The molecule has 0 N–H and O–H groups in total. The molecule has 0 bridgehead atoms. The van der Waals surface area contributed by atoms with Crippen LogP contribution >= 0.6 is 0 Å². The lowest BCUT2D eigenvalue weighted by molar-refractivity contribution is 0.135. The third-order valence-electron chi connectivity index (χ3n) is 4.80. The molecule has 1 aliphatic carbocycles. The summed E-state index contributed by atoms with van der Waals surface area (Å²) in [6, 6.07) is 14.6. The number of ether oxygens (including phenoxy) is 1. The Morgan fingerprint density at radius 1 is 0.960 bits per heavy atom. The minimum atomic E-state index is -3.78. The van der Waals surface area contributed by atoms with Crippen molar-refractivity contribution in [2.24, 2.45) is 0 Å². The van der Waals surface area contributed by atoms with Gasteiger partial charge < -0.3 is 4.74 Å². The fourth-order valence-electron chi connectivity index (χ4n) is 3.46. The second kappa shape index (κ2) is 7.58. The molecule has 4 nitrogen and oxygen atoms in total. The number of hydrogen-bond acceptors (Lipinski definition) is 4. The highest BCUT2D eigenvalue weighted by molar-refractivity contribution is 7.86. The molecule has 0 spiro atoms. The summed E-state index contributed by atoms with van der Waals surface area (Å²) in [5, 5.41) is 0. The molecule has 0 aromatic heterocycles. The van der Waals surface area contributed by atoms with Gasteiger partial charge in [-0.1, -0.05) is 48.7 Å². The molecule has 2 aromatic rings. The van der Waals surface area contributed by atoms with Gasteiger partial charge in [-0.2, -0.15) is 8.42 Å². The van der Waals surface area contributed by atoms with Crippen LogP contribution in [-0.4, -0.2) is 21.6 Å². The van der Waals surface area contributed by atoms with Gasteiger partial charge in [0.25, 0.3) is 10.1 Å². The summed E-state index contributed by atoms with van der Waals surface area (Å²) in [5.74, 6) is 0.806. The molecule has 5 heteroatoms. The van der Waals surface area contributed by atoms with Crippen molar-refractivity contribution in [3.8, 4) is 5.75 Å². The van der Waals surface area contributed by atoms with E-state index in [2.05, 4.69) is 0 Å². The SMILES string of the molecule is COc1ccccc1[C@H]1CCCC[C@H]1OS(=O)(=O)c1ccc(C)cc1. The first kappa shape index (κ1) is 18.0. The summed E-state index contributed by atoms with van der Waals surface area (Å²) in [5.41, 5.74) is 2.04. The van der Waals surface area contributed by atoms with E-state index < -0.39 is 10.1 Å². The summed E-state index contributed by atoms with van der Waals surface area (Å²) >= 11 is 0. The van der Waals surface area contributed by atoms with Crippen molar-refractivity contribution in [1.82, 2.24) is 0 Å². The standard InChI is InChI=1S/C20H24O4S/c1-15-11-13-16(14-12-15)25(21,22)24-20-10-6-4-8-18(20)17-7-3-5-9-19(17)23-2/h3,5,7,9,11-14,18,20H,4,6,8,10H2,1-2H3/t18-,20-/m1/s1. The third kappa shape index (κ3) is 4.05. The van der Waals surface area contributed by atoms with Crippen molar-refractivity contribution in [3.05, 3.63) is 59.7 Å². The molecule has 0 amide bonds. The highest BCUT2D eigenvalue weighted by Crippen LogP contribution is 2.40. The first-order valence-electron chi connectivity index (χ1n) is 8.64. The highest BCUT2D eigenvalue weighted by atomic mass is 32.2. The fraction of sp³-hybridized carbons (Fsp3) is 0.400. The molecular formula is C20H24O4S. The van der Waals surface area contributed by atoms with E-state index in [0.717, 1.165) is 42.6 Å². The average Bonchev–Trinajstić information content (AvgIpc) is 2.62. The quantitative estimate of drug-likeness (QED) is 0.740. The van der Waals surface area contributed by atoms with Crippen molar-refractivity contribution < 1.29 is 17.3 Å². The Morgan fingerprint density at radius 2 is 1.64 bits per heavy atom. The maximum Gasteiger partial charge on any atom is 0.297 e. The molecule has 1 saturated carbocycles. The van der Waals surface area contributed by atoms with Gasteiger partial charge in [0.2, 0.25) is 0 Å². The summed E-state index contributed by atoms with van der Waals surface area (Å²) in [6.07, 6.45) is 3.30. The largest absolute Gasteiger partial charge is 0.496 e. The van der Waals surface area contributed by atoms with Gasteiger partial charge in [0.15, 0.2) is 0 Å². The predicted molar refractivity (Wildman–Crippen MR) is 97.4 cm³/mol. The van der Waals surface area contributed by atoms with Crippen LogP contribution in [0.15, 0.2) is 53.4 Å². The average molecular weight is 360 g/mol. The summed E-state index contributed by atoms with van der Waals surface area (Å²) < 4.78 is 36.5. The molecule has 134 valence electrons. The maximum absolute atomic E-state index is 12.7. The molecule has 0 unspecified atom stereocenters. The Labute approximate surface area is 149 Å². The third-order valence-corrected chi connectivity index (χ3v) is 6.15. The van der Waals surface area contributed by atoms with Gasteiger partial charge in [-0.05, 0) is 43.5 Å².